The second-order valence-electron chi connectivity index (χ2n) is 2.64. The maximum Gasteiger partial charge on any atom is 0.162 e. The first-order chi connectivity index (χ1) is 5.79. The van der Waals surface area contributed by atoms with Gasteiger partial charge in [0.15, 0.2) is 5.78 Å². The maximum atomic E-state index is 11.3. The van der Waals surface area contributed by atoms with Crippen LogP contribution < -0.4 is 5.73 Å². The zero-order chi connectivity index (χ0) is 8.97. The molecule has 0 bridgehead atoms. The minimum atomic E-state index is 0.163. The van der Waals surface area contributed by atoms with Gasteiger partial charge >= 0.3 is 0 Å². The van der Waals surface area contributed by atoms with E-state index in [1.54, 1.807) is 0 Å². The molecule has 2 N–H and O–H groups in total. The Labute approximate surface area is 72.4 Å². The normalized spacial score (nSPS) is 9.83. The highest BCUT2D eigenvalue weighted by Gasteiger charge is 2.06. The lowest BCUT2D eigenvalue weighted by molar-refractivity contribution is 0.0987. The van der Waals surface area contributed by atoms with Gasteiger partial charge in [-0.1, -0.05) is 31.2 Å². The molecule has 0 saturated carbocycles. The quantitative estimate of drug-likeness (QED) is 0.690. The predicted molar refractivity (Wildman–Crippen MR) is 49.0 cm³/mol. The van der Waals surface area contributed by atoms with Crippen LogP contribution in [-0.2, 0) is 6.54 Å². The lowest BCUT2D eigenvalue weighted by Crippen LogP contribution is -2.06. The lowest BCUT2D eigenvalue weighted by atomic mass is 10.0. The minimum absolute atomic E-state index is 0.163. The van der Waals surface area contributed by atoms with Crippen LogP contribution in [0.2, 0.25) is 0 Å². The van der Waals surface area contributed by atoms with E-state index >= 15 is 0 Å². The van der Waals surface area contributed by atoms with Crippen LogP contribution in [0.5, 0.6) is 0 Å². The first-order valence-corrected chi connectivity index (χ1v) is 4.10. The third kappa shape index (κ3) is 1.71. The van der Waals surface area contributed by atoms with E-state index in [-0.39, 0.29) is 5.78 Å². The highest BCUT2D eigenvalue weighted by atomic mass is 16.1. The van der Waals surface area contributed by atoms with Gasteiger partial charge in [0, 0.05) is 18.5 Å². The SMILES string of the molecule is CCC(=O)c1ccccc1CN. The molecule has 0 saturated heterocycles. The van der Waals surface area contributed by atoms with Crippen LogP contribution in [0.1, 0.15) is 29.3 Å². The van der Waals surface area contributed by atoms with Gasteiger partial charge < -0.3 is 5.73 Å². The molecule has 0 atom stereocenters. The van der Waals surface area contributed by atoms with Crippen molar-refractivity contribution < 1.29 is 4.79 Å². The standard InChI is InChI=1S/C10H13NO/c1-2-10(12)9-6-4-3-5-8(9)7-11/h3-6H,2,7,11H2,1H3. The van der Waals surface area contributed by atoms with Crippen molar-refractivity contribution in [2.75, 3.05) is 0 Å². The summed E-state index contributed by atoms with van der Waals surface area (Å²) in [6.45, 7) is 2.29. The predicted octanol–water partition coefficient (Wildman–Crippen LogP) is 1.74. The van der Waals surface area contributed by atoms with Gasteiger partial charge in [-0.15, -0.1) is 0 Å². The molecule has 12 heavy (non-hydrogen) atoms. The summed E-state index contributed by atoms with van der Waals surface area (Å²) in [5.74, 6) is 0.163. The Hall–Kier alpha value is -1.15. The summed E-state index contributed by atoms with van der Waals surface area (Å²) in [6.07, 6.45) is 0.539. The van der Waals surface area contributed by atoms with Crippen LogP contribution in [0, 0.1) is 0 Å². The van der Waals surface area contributed by atoms with Crippen LogP contribution in [0.3, 0.4) is 0 Å². The number of carbonyl (C=O) groups excluding carboxylic acids is 1. The van der Waals surface area contributed by atoms with Crippen LogP contribution in [-0.4, -0.2) is 5.78 Å². The third-order valence-electron chi connectivity index (χ3n) is 1.86. The fourth-order valence-corrected chi connectivity index (χ4v) is 1.16. The van der Waals surface area contributed by atoms with E-state index in [2.05, 4.69) is 0 Å². The summed E-state index contributed by atoms with van der Waals surface area (Å²) in [5.41, 5.74) is 7.19. The highest BCUT2D eigenvalue weighted by Crippen LogP contribution is 2.09. The van der Waals surface area contributed by atoms with Crippen molar-refractivity contribution >= 4 is 5.78 Å². The Balaban J connectivity index is 3.04. The molecule has 1 rings (SSSR count). The number of carbonyl (C=O) groups is 1. The van der Waals surface area contributed by atoms with E-state index in [0.717, 1.165) is 11.1 Å². The summed E-state index contributed by atoms with van der Waals surface area (Å²) >= 11 is 0. The van der Waals surface area contributed by atoms with Crippen molar-refractivity contribution in [1.82, 2.24) is 0 Å². The second-order valence-corrected chi connectivity index (χ2v) is 2.64. The van der Waals surface area contributed by atoms with Crippen LogP contribution in [0.15, 0.2) is 24.3 Å². The number of benzene rings is 1. The topological polar surface area (TPSA) is 43.1 Å². The average Bonchev–Trinajstić information content (AvgIpc) is 2.16. The lowest BCUT2D eigenvalue weighted by Gasteiger charge is -2.03. The zero-order valence-corrected chi connectivity index (χ0v) is 7.21. The average molecular weight is 163 g/mol. The molecule has 2 nitrogen and oxygen atoms in total. The van der Waals surface area contributed by atoms with Gasteiger partial charge in [0.2, 0.25) is 0 Å². The number of nitrogens with two attached hydrogens (primary N) is 1. The molecule has 0 amide bonds. The number of rotatable bonds is 3. The molecule has 64 valence electrons. The molecule has 0 fully saturated rings. The van der Waals surface area contributed by atoms with E-state index in [1.165, 1.54) is 0 Å². The number of Topliss-reactive ketones (excluding diaryl/α,β-unsaturated/α-hetero) is 1. The molecule has 0 radical (unpaired) electrons. The van der Waals surface area contributed by atoms with E-state index in [0.29, 0.717) is 13.0 Å². The summed E-state index contributed by atoms with van der Waals surface area (Å²) in [6, 6.07) is 7.48. The molecule has 0 spiro atoms. The molecule has 1 aromatic rings. The van der Waals surface area contributed by atoms with Gasteiger partial charge in [0.1, 0.15) is 0 Å². The van der Waals surface area contributed by atoms with E-state index in [1.807, 2.05) is 31.2 Å². The van der Waals surface area contributed by atoms with Crippen LogP contribution in [0.25, 0.3) is 0 Å². The van der Waals surface area contributed by atoms with E-state index in [9.17, 15) is 4.79 Å². The fourth-order valence-electron chi connectivity index (χ4n) is 1.16. The van der Waals surface area contributed by atoms with Crippen molar-refractivity contribution in [3.8, 4) is 0 Å². The van der Waals surface area contributed by atoms with Crippen LogP contribution >= 0.6 is 0 Å². The molecular formula is C10H13NO. The van der Waals surface area contributed by atoms with E-state index in [4.69, 9.17) is 5.73 Å². The zero-order valence-electron chi connectivity index (χ0n) is 7.21. The van der Waals surface area contributed by atoms with Gasteiger partial charge in [0.05, 0.1) is 0 Å². The Kier molecular flexibility index (Phi) is 3.00. The molecule has 0 aliphatic rings. The molecule has 0 aliphatic carbocycles. The Morgan fingerprint density at radius 1 is 1.42 bits per heavy atom. The summed E-state index contributed by atoms with van der Waals surface area (Å²) < 4.78 is 0. The Morgan fingerprint density at radius 2 is 2.08 bits per heavy atom. The molecule has 0 unspecified atom stereocenters. The number of hydrogen-bond donors (Lipinski definition) is 1. The van der Waals surface area contributed by atoms with Crippen molar-refractivity contribution in [2.24, 2.45) is 5.73 Å². The molecular weight excluding hydrogens is 150 g/mol. The van der Waals surface area contributed by atoms with Crippen molar-refractivity contribution in [2.45, 2.75) is 19.9 Å². The minimum Gasteiger partial charge on any atom is -0.326 e. The first kappa shape index (κ1) is 8.94. The van der Waals surface area contributed by atoms with E-state index < -0.39 is 0 Å². The van der Waals surface area contributed by atoms with Gasteiger partial charge in [0.25, 0.3) is 0 Å². The molecule has 0 aliphatic heterocycles. The van der Waals surface area contributed by atoms with Crippen LogP contribution in [0.4, 0.5) is 0 Å². The highest BCUT2D eigenvalue weighted by molar-refractivity contribution is 5.97. The Bertz CT molecular complexity index is 281. The van der Waals surface area contributed by atoms with Gasteiger partial charge in [-0.2, -0.15) is 0 Å². The molecule has 2 heteroatoms. The molecule has 1 aromatic carbocycles. The van der Waals surface area contributed by atoms with Crippen molar-refractivity contribution in [3.05, 3.63) is 35.4 Å². The summed E-state index contributed by atoms with van der Waals surface area (Å²) in [5, 5.41) is 0. The monoisotopic (exact) mass is 163 g/mol. The number of hydrogen-bond acceptors (Lipinski definition) is 2. The van der Waals surface area contributed by atoms with Crippen molar-refractivity contribution in [1.29, 1.82) is 0 Å². The summed E-state index contributed by atoms with van der Waals surface area (Å²) in [4.78, 5) is 11.3. The third-order valence-corrected chi connectivity index (χ3v) is 1.86. The summed E-state index contributed by atoms with van der Waals surface area (Å²) in [7, 11) is 0. The smallest absolute Gasteiger partial charge is 0.162 e. The van der Waals surface area contributed by atoms with Gasteiger partial charge in [-0.3, -0.25) is 4.79 Å². The Morgan fingerprint density at radius 3 is 2.67 bits per heavy atom. The maximum absolute atomic E-state index is 11.3. The van der Waals surface area contributed by atoms with Gasteiger partial charge in [-0.05, 0) is 5.56 Å². The second kappa shape index (κ2) is 4.02. The fraction of sp³-hybridized carbons (Fsp3) is 0.300. The van der Waals surface area contributed by atoms with Crippen molar-refractivity contribution in [3.63, 3.8) is 0 Å². The number of ketones is 1. The largest absolute Gasteiger partial charge is 0.326 e. The molecule has 0 heterocycles. The van der Waals surface area contributed by atoms with Gasteiger partial charge in [-0.25, -0.2) is 0 Å². The first-order valence-electron chi connectivity index (χ1n) is 4.10. The molecule has 0 aromatic heterocycles.